The number of nitrogens with zero attached hydrogens (tertiary/aromatic N) is 4. The number of imidazole rings is 1. The van der Waals surface area contributed by atoms with Crippen molar-refractivity contribution in [1.29, 1.82) is 0 Å². The summed E-state index contributed by atoms with van der Waals surface area (Å²) in [6.07, 6.45) is 1.04. The molecule has 1 aromatic heterocycles. The predicted octanol–water partition coefficient (Wildman–Crippen LogP) is 5.03. The Bertz CT molecular complexity index is 1340. The van der Waals surface area contributed by atoms with E-state index >= 15 is 0 Å². The second-order valence-corrected chi connectivity index (χ2v) is 9.58. The summed E-state index contributed by atoms with van der Waals surface area (Å²) < 4.78 is 7.68. The number of amides is 1. The van der Waals surface area contributed by atoms with Crippen LogP contribution in [-0.2, 0) is 19.6 Å². The second-order valence-electron chi connectivity index (χ2n) is 9.58. The summed E-state index contributed by atoms with van der Waals surface area (Å²) in [5.41, 5.74) is 4.62. The number of para-hydroxylation sites is 1. The van der Waals surface area contributed by atoms with Gasteiger partial charge in [0.05, 0.1) is 30.3 Å². The fraction of sp³-hybridized carbons (Fsp3) is 0.333. The van der Waals surface area contributed by atoms with Crippen LogP contribution < -0.4 is 10.1 Å². The zero-order valence-electron chi connectivity index (χ0n) is 21.7. The number of hydrogen-bond acceptors (Lipinski definition) is 5. The molecule has 1 saturated heterocycles. The van der Waals surface area contributed by atoms with Crippen LogP contribution in [0, 0.1) is 0 Å². The van der Waals surface area contributed by atoms with Crippen LogP contribution in [-0.4, -0.2) is 58.5 Å². The smallest absolute Gasteiger partial charge is 0.259 e. The molecule has 3 aromatic carbocycles. The molecule has 0 radical (unpaired) electrons. The molecule has 4 aromatic rings. The molecular formula is C30H35N5O2. The van der Waals surface area contributed by atoms with Gasteiger partial charge in [-0.1, -0.05) is 49.4 Å². The number of aryl methyl sites for hydroxylation is 1. The van der Waals surface area contributed by atoms with Crippen LogP contribution in [0.2, 0.25) is 0 Å². The summed E-state index contributed by atoms with van der Waals surface area (Å²) >= 11 is 0. The summed E-state index contributed by atoms with van der Waals surface area (Å²) in [5, 5.41) is 3.01. The summed E-state index contributed by atoms with van der Waals surface area (Å²) in [6, 6.07) is 23.9. The maximum absolute atomic E-state index is 12.9. The molecule has 7 nitrogen and oxygen atoms in total. The number of aromatic nitrogens is 2. The topological polar surface area (TPSA) is 62.6 Å². The Balaban J connectivity index is 1.28. The zero-order chi connectivity index (χ0) is 25.6. The largest absolute Gasteiger partial charge is 0.496 e. The summed E-state index contributed by atoms with van der Waals surface area (Å²) in [6.45, 7) is 9.13. The quantitative estimate of drug-likeness (QED) is 0.352. The van der Waals surface area contributed by atoms with Gasteiger partial charge in [0.2, 0.25) is 0 Å². The van der Waals surface area contributed by atoms with Gasteiger partial charge in [-0.3, -0.25) is 14.6 Å². The number of benzene rings is 3. The Morgan fingerprint density at radius 1 is 0.919 bits per heavy atom. The molecule has 7 heteroatoms. The third-order valence-electron chi connectivity index (χ3n) is 6.96. The number of anilines is 1. The molecule has 0 saturated carbocycles. The molecule has 1 N–H and O–H groups in total. The van der Waals surface area contributed by atoms with Gasteiger partial charge in [0.1, 0.15) is 11.6 Å². The van der Waals surface area contributed by atoms with E-state index in [9.17, 15) is 4.79 Å². The molecule has 5 rings (SSSR count). The van der Waals surface area contributed by atoms with Crippen LogP contribution in [0.5, 0.6) is 5.75 Å². The normalized spacial score (nSPS) is 14.6. The van der Waals surface area contributed by atoms with Gasteiger partial charge in [0, 0.05) is 45.0 Å². The van der Waals surface area contributed by atoms with Crippen LogP contribution in [0.15, 0.2) is 72.8 Å². The second kappa shape index (κ2) is 11.6. The van der Waals surface area contributed by atoms with E-state index in [1.165, 1.54) is 5.56 Å². The fourth-order valence-electron chi connectivity index (χ4n) is 5.03. The summed E-state index contributed by atoms with van der Waals surface area (Å²) in [4.78, 5) is 22.9. The van der Waals surface area contributed by atoms with Crippen LogP contribution >= 0.6 is 0 Å². The molecule has 0 atom stereocenters. The number of nitrogens with one attached hydrogen (secondary N) is 1. The zero-order valence-corrected chi connectivity index (χ0v) is 21.7. The highest BCUT2D eigenvalue weighted by Crippen LogP contribution is 2.24. The molecule has 0 bridgehead atoms. The van der Waals surface area contributed by atoms with E-state index < -0.39 is 0 Å². The number of carbonyl (C=O) groups is 1. The van der Waals surface area contributed by atoms with E-state index in [0.717, 1.165) is 74.8 Å². The van der Waals surface area contributed by atoms with Crippen molar-refractivity contribution in [2.24, 2.45) is 0 Å². The van der Waals surface area contributed by atoms with Crippen molar-refractivity contribution in [3.05, 3.63) is 89.7 Å². The minimum Gasteiger partial charge on any atom is -0.496 e. The van der Waals surface area contributed by atoms with Gasteiger partial charge >= 0.3 is 0 Å². The van der Waals surface area contributed by atoms with Gasteiger partial charge in [-0.05, 0) is 42.3 Å². The molecule has 0 unspecified atom stereocenters. The van der Waals surface area contributed by atoms with Crippen molar-refractivity contribution < 1.29 is 9.53 Å². The number of piperazine rings is 1. The number of methoxy groups -OCH3 is 1. The molecular weight excluding hydrogens is 462 g/mol. The first-order valence-corrected chi connectivity index (χ1v) is 13.1. The molecule has 1 aliphatic heterocycles. The molecule has 2 heterocycles. The van der Waals surface area contributed by atoms with Gasteiger partial charge in [-0.2, -0.15) is 0 Å². The monoisotopic (exact) mass is 497 g/mol. The lowest BCUT2D eigenvalue weighted by Crippen LogP contribution is -2.45. The van der Waals surface area contributed by atoms with Crippen LogP contribution in [0.1, 0.15) is 35.1 Å². The lowest BCUT2D eigenvalue weighted by molar-refractivity contribution is 0.102. The first-order valence-electron chi connectivity index (χ1n) is 13.1. The highest BCUT2D eigenvalue weighted by atomic mass is 16.5. The van der Waals surface area contributed by atoms with E-state index in [0.29, 0.717) is 11.3 Å². The predicted molar refractivity (Wildman–Crippen MR) is 148 cm³/mol. The Kier molecular flexibility index (Phi) is 7.82. The van der Waals surface area contributed by atoms with Gasteiger partial charge in [0.15, 0.2) is 0 Å². The molecule has 1 aliphatic rings. The Labute approximate surface area is 218 Å². The first kappa shape index (κ1) is 25.0. The molecule has 1 amide bonds. The van der Waals surface area contributed by atoms with Crippen LogP contribution in [0.3, 0.4) is 0 Å². The summed E-state index contributed by atoms with van der Waals surface area (Å²) in [5.74, 6) is 1.44. The maximum atomic E-state index is 12.9. The number of rotatable bonds is 9. The SMILES string of the molecule is CCCn1c(CN2CCN(Cc3ccccc3)CC2)nc2cc(NC(=O)c3ccccc3OC)ccc21. The van der Waals surface area contributed by atoms with E-state index in [1.807, 2.05) is 24.3 Å². The molecule has 192 valence electrons. The molecule has 0 aliphatic carbocycles. The van der Waals surface area contributed by atoms with Crippen molar-refractivity contribution in [3.63, 3.8) is 0 Å². The van der Waals surface area contributed by atoms with Gasteiger partial charge in [-0.25, -0.2) is 4.98 Å². The number of carbonyl (C=O) groups excluding carboxylic acids is 1. The molecule has 0 spiro atoms. The lowest BCUT2D eigenvalue weighted by Gasteiger charge is -2.34. The Hall–Kier alpha value is -3.68. The van der Waals surface area contributed by atoms with E-state index in [4.69, 9.17) is 9.72 Å². The van der Waals surface area contributed by atoms with E-state index in [-0.39, 0.29) is 5.91 Å². The Morgan fingerprint density at radius 3 is 2.35 bits per heavy atom. The van der Waals surface area contributed by atoms with Crippen molar-refractivity contribution in [3.8, 4) is 5.75 Å². The first-order chi connectivity index (χ1) is 18.1. The molecule has 37 heavy (non-hydrogen) atoms. The minimum absolute atomic E-state index is 0.196. The fourth-order valence-corrected chi connectivity index (χ4v) is 5.03. The average Bonchev–Trinajstić information content (AvgIpc) is 3.26. The number of ether oxygens (including phenoxy) is 1. The van der Waals surface area contributed by atoms with Gasteiger partial charge < -0.3 is 14.6 Å². The number of hydrogen-bond donors (Lipinski definition) is 1. The van der Waals surface area contributed by atoms with Crippen molar-refractivity contribution in [1.82, 2.24) is 19.4 Å². The van der Waals surface area contributed by atoms with Crippen molar-refractivity contribution in [2.45, 2.75) is 33.0 Å². The maximum Gasteiger partial charge on any atom is 0.259 e. The third-order valence-corrected chi connectivity index (χ3v) is 6.96. The van der Waals surface area contributed by atoms with Gasteiger partial charge in [-0.15, -0.1) is 0 Å². The highest BCUT2D eigenvalue weighted by molar-refractivity contribution is 6.06. The summed E-state index contributed by atoms with van der Waals surface area (Å²) in [7, 11) is 1.57. The number of fused-ring (bicyclic) bond motifs is 1. The van der Waals surface area contributed by atoms with Gasteiger partial charge in [0.25, 0.3) is 5.91 Å². The third kappa shape index (κ3) is 5.84. The highest BCUT2D eigenvalue weighted by Gasteiger charge is 2.20. The lowest BCUT2D eigenvalue weighted by atomic mass is 10.2. The van der Waals surface area contributed by atoms with E-state index in [2.05, 4.69) is 63.0 Å². The van der Waals surface area contributed by atoms with E-state index in [1.54, 1.807) is 19.2 Å². The minimum atomic E-state index is -0.196. The van der Waals surface area contributed by atoms with Crippen molar-refractivity contribution in [2.75, 3.05) is 38.6 Å². The van der Waals surface area contributed by atoms with Crippen LogP contribution in [0.4, 0.5) is 5.69 Å². The van der Waals surface area contributed by atoms with Crippen molar-refractivity contribution >= 4 is 22.6 Å². The van der Waals surface area contributed by atoms with Crippen LogP contribution in [0.25, 0.3) is 11.0 Å². The standard InChI is InChI=1S/C30H35N5O2/c1-3-15-35-27-14-13-24(31-30(36)25-11-7-8-12-28(25)37-2)20-26(27)32-29(35)22-34-18-16-33(17-19-34)21-23-9-5-4-6-10-23/h4-14,20H,3,15-19,21-22H2,1-2H3,(H,31,36). The Morgan fingerprint density at radius 2 is 1.62 bits per heavy atom. The molecule has 1 fully saturated rings. The average molecular weight is 498 g/mol.